The number of carbonyl (C=O) groups is 2. The molecule has 4 aromatic rings. The number of nitrogens with zero attached hydrogens (tertiary/aromatic N) is 5. The molecule has 0 spiro atoms. The zero-order valence-electron chi connectivity index (χ0n) is 16.5. The Morgan fingerprint density at radius 2 is 0.758 bits per heavy atom. The van der Waals surface area contributed by atoms with Crippen LogP contribution in [0.4, 0.5) is 0 Å². The van der Waals surface area contributed by atoms with E-state index in [9.17, 15) is 9.59 Å². The van der Waals surface area contributed by atoms with Crippen LogP contribution in [0.15, 0.2) is 73.3 Å². The van der Waals surface area contributed by atoms with Gasteiger partial charge in [-0.3, -0.25) is 29.5 Å². The summed E-state index contributed by atoms with van der Waals surface area (Å²) in [6.45, 7) is 0. The molecule has 0 fully saturated rings. The van der Waals surface area contributed by atoms with Gasteiger partial charge in [-0.1, -0.05) is 0 Å². The Labute approximate surface area is 202 Å². The first-order chi connectivity index (χ1) is 15.5. The van der Waals surface area contributed by atoms with Gasteiger partial charge < -0.3 is 15.3 Å². The van der Waals surface area contributed by atoms with E-state index in [4.69, 9.17) is 15.3 Å². The molecule has 0 aromatic carbocycles. The first-order valence-electron chi connectivity index (χ1n) is 9.20. The first kappa shape index (κ1) is 23.5. The Bertz CT molecular complexity index is 1180. The summed E-state index contributed by atoms with van der Waals surface area (Å²) in [5.41, 5.74) is 5.42. The van der Waals surface area contributed by atoms with E-state index in [2.05, 4.69) is 19.9 Å². The maximum absolute atomic E-state index is 11.8. The second kappa shape index (κ2) is 10.0. The van der Waals surface area contributed by atoms with Gasteiger partial charge in [0.2, 0.25) is 0 Å². The van der Waals surface area contributed by atoms with Crippen LogP contribution < -0.4 is 0 Å². The normalized spacial score (nSPS) is 11.3. The van der Waals surface area contributed by atoms with E-state index in [1.165, 1.54) is 0 Å². The Morgan fingerprint density at radius 1 is 0.545 bits per heavy atom. The van der Waals surface area contributed by atoms with Crippen molar-refractivity contribution in [3.63, 3.8) is 0 Å². The summed E-state index contributed by atoms with van der Waals surface area (Å²) in [5.74, 6) is 0.0485. The van der Waals surface area contributed by atoms with Gasteiger partial charge in [-0.05, 0) is 48.5 Å². The number of carbonyl (C=O) groups excluding carboxylic acids is 2. The minimum absolute atomic E-state index is 0. The fourth-order valence-corrected chi connectivity index (χ4v) is 3.40. The maximum atomic E-state index is 11.8. The molecule has 10 nitrogen and oxygen atoms in total. The average molecular weight is 534 g/mol. The summed E-state index contributed by atoms with van der Waals surface area (Å²) in [7, 11) is 0. The monoisotopic (exact) mass is 533 g/mol. The van der Waals surface area contributed by atoms with Gasteiger partial charge in [0.1, 0.15) is 22.8 Å². The molecule has 0 atom stereocenters. The molecule has 0 bridgehead atoms. The number of hydrogen-bond donors (Lipinski definition) is 0. The van der Waals surface area contributed by atoms with Gasteiger partial charge in [0.05, 0.1) is 27.3 Å². The Kier molecular flexibility index (Phi) is 7.13. The van der Waals surface area contributed by atoms with Crippen molar-refractivity contribution in [2.75, 3.05) is 0 Å². The van der Waals surface area contributed by atoms with Crippen LogP contribution >= 0.6 is 0 Å². The maximum Gasteiger partial charge on any atom is 1.00 e. The summed E-state index contributed by atoms with van der Waals surface area (Å²) < 4.78 is 0. The molecule has 166 valence electrons. The van der Waals surface area contributed by atoms with E-state index in [1.807, 2.05) is 0 Å². The number of hydrogen-bond acceptors (Lipinski definition) is 9. The molecular weight excluding hydrogens is 522 g/mol. The summed E-state index contributed by atoms with van der Waals surface area (Å²) in [6, 6.07) is 14.2. The largest absolute Gasteiger partial charge is 1.00 e. The average Bonchev–Trinajstić information content (AvgIpc) is 3.27. The third kappa shape index (κ3) is 4.58. The van der Waals surface area contributed by atoms with Crippen LogP contribution in [0.3, 0.4) is 0 Å². The topological polar surface area (TPSA) is 152 Å². The van der Waals surface area contributed by atoms with Crippen molar-refractivity contribution in [1.29, 1.82) is 0 Å². The van der Waals surface area contributed by atoms with Crippen molar-refractivity contribution in [3.05, 3.63) is 111 Å². The fraction of sp³-hybridized carbons (Fsp3) is 0. The fourth-order valence-electron chi connectivity index (χ4n) is 3.40. The molecule has 11 heteroatoms. The predicted molar refractivity (Wildman–Crippen MR) is 112 cm³/mol. The predicted octanol–water partition coefficient (Wildman–Crippen LogP) is 3.13. The van der Waals surface area contributed by atoms with Crippen molar-refractivity contribution < 1.29 is 37.1 Å². The Hall–Kier alpha value is -4.12. The Balaban J connectivity index is 0.000000156. The molecule has 0 N–H and O–H groups in total. The third-order valence-corrected chi connectivity index (χ3v) is 4.66. The molecule has 2 aliphatic carbocycles. The van der Waals surface area contributed by atoms with Crippen LogP contribution in [0.2, 0.25) is 0 Å². The Morgan fingerprint density at radius 3 is 0.970 bits per heavy atom. The van der Waals surface area contributed by atoms with E-state index in [-0.39, 0.29) is 33.9 Å². The summed E-state index contributed by atoms with van der Waals surface area (Å²) in [4.78, 5) is 48.5. The van der Waals surface area contributed by atoms with Gasteiger partial charge in [-0.25, -0.2) is 0 Å². The van der Waals surface area contributed by atoms with Crippen LogP contribution in [-0.4, -0.2) is 36.6 Å². The molecule has 0 amide bonds. The smallest absolute Gasteiger partial charge is 0.356 e. The van der Waals surface area contributed by atoms with Crippen molar-refractivity contribution in [2.45, 2.75) is 0 Å². The summed E-state index contributed by atoms with van der Waals surface area (Å²) >= 11 is 0. The number of pyridine rings is 4. The van der Waals surface area contributed by atoms with E-state index in [0.29, 0.717) is 45.0 Å². The summed E-state index contributed by atoms with van der Waals surface area (Å²) in [5, 5.41) is 14.8. The minimum Gasteiger partial charge on any atom is -0.356 e. The van der Waals surface area contributed by atoms with Gasteiger partial charge >= 0.3 is 22.4 Å². The number of ketones is 2. The molecule has 0 aliphatic heterocycles. The van der Waals surface area contributed by atoms with Crippen molar-refractivity contribution in [3.8, 4) is 22.8 Å². The molecule has 0 unspecified atom stereocenters. The number of aromatic nitrogens is 4. The molecule has 0 radical (unpaired) electrons. The zero-order chi connectivity index (χ0) is 22.7. The van der Waals surface area contributed by atoms with Gasteiger partial charge in [0, 0.05) is 24.8 Å². The van der Waals surface area contributed by atoms with Gasteiger partial charge in [0.15, 0.2) is 11.6 Å². The second-order valence-corrected chi connectivity index (χ2v) is 6.48. The molecule has 4 aromatic heterocycles. The molecule has 2 aliphatic rings. The summed E-state index contributed by atoms with van der Waals surface area (Å²) in [6.07, 6.45) is 6.71. The number of rotatable bonds is 0. The van der Waals surface area contributed by atoms with Gasteiger partial charge in [-0.15, -0.1) is 0 Å². The van der Waals surface area contributed by atoms with E-state index < -0.39 is 5.09 Å². The van der Waals surface area contributed by atoms with Crippen LogP contribution in [-0.2, 0) is 22.4 Å². The van der Waals surface area contributed by atoms with E-state index in [0.717, 1.165) is 0 Å². The number of fused-ring (bicyclic) bond motifs is 6. The SMILES string of the molecule is O=C1c2cccnc2-c2ncccc21.O=C1c2cccnc2-c2ncccc21.O=[N+]([O-])[O-].[Ag+]. The standard InChI is InChI=1S/2C11H6N2O.Ag.NO3/c2*14-11-7-3-1-5-12-9(7)10-8(11)4-2-6-13-10;;2-1(3)4/h2*1-6H;;/q;;+1;-1. The van der Waals surface area contributed by atoms with E-state index in [1.54, 1.807) is 73.3 Å². The molecule has 33 heavy (non-hydrogen) atoms. The van der Waals surface area contributed by atoms with Crippen molar-refractivity contribution in [1.82, 2.24) is 19.9 Å². The molecule has 0 saturated heterocycles. The molecule has 6 rings (SSSR count). The molecule has 4 heterocycles. The first-order valence-corrected chi connectivity index (χ1v) is 9.20. The minimum atomic E-state index is -1.75. The molecular formula is C22H12AgN5O5. The van der Waals surface area contributed by atoms with Gasteiger partial charge in [-0.2, -0.15) is 0 Å². The van der Waals surface area contributed by atoms with Crippen molar-refractivity contribution >= 4 is 11.6 Å². The van der Waals surface area contributed by atoms with Crippen LogP contribution in [0.5, 0.6) is 0 Å². The van der Waals surface area contributed by atoms with E-state index >= 15 is 0 Å². The van der Waals surface area contributed by atoms with Gasteiger partial charge in [0.25, 0.3) is 0 Å². The third-order valence-electron chi connectivity index (χ3n) is 4.66. The van der Waals surface area contributed by atoms with Crippen LogP contribution in [0.25, 0.3) is 22.8 Å². The zero-order valence-corrected chi connectivity index (χ0v) is 18.0. The van der Waals surface area contributed by atoms with Crippen LogP contribution in [0, 0.1) is 15.3 Å². The second-order valence-electron chi connectivity index (χ2n) is 6.48. The van der Waals surface area contributed by atoms with Crippen LogP contribution in [0.1, 0.15) is 31.8 Å². The quantitative estimate of drug-likeness (QED) is 0.163. The molecule has 0 saturated carbocycles. The van der Waals surface area contributed by atoms with Crippen molar-refractivity contribution in [2.24, 2.45) is 0 Å².